The van der Waals surface area contributed by atoms with Crippen molar-refractivity contribution in [2.45, 2.75) is 33.4 Å². The zero-order valence-electron chi connectivity index (χ0n) is 13.8. The second-order valence-corrected chi connectivity index (χ2v) is 6.23. The Kier molecular flexibility index (Phi) is 6.97. The lowest BCUT2D eigenvalue weighted by atomic mass is 10.2. The van der Waals surface area contributed by atoms with Crippen LogP contribution < -0.4 is 14.8 Å². The maximum absolute atomic E-state index is 12.4. The fraction of sp³-hybridized carbons (Fsp3) is 0.375. The summed E-state index contributed by atoms with van der Waals surface area (Å²) in [6.45, 7) is 1.45. The van der Waals surface area contributed by atoms with E-state index in [1.807, 2.05) is 6.92 Å². The Morgan fingerprint density at radius 1 is 1.40 bits per heavy atom. The van der Waals surface area contributed by atoms with E-state index >= 15 is 0 Å². The highest BCUT2D eigenvalue weighted by Crippen LogP contribution is 2.31. The van der Waals surface area contributed by atoms with Gasteiger partial charge in [-0.15, -0.1) is 0 Å². The van der Waals surface area contributed by atoms with Gasteiger partial charge in [-0.05, 0) is 48.6 Å². The molecule has 0 atom stereocenters. The molecule has 1 aromatic carbocycles. The number of benzene rings is 1. The predicted molar refractivity (Wildman–Crippen MR) is 97.2 cm³/mol. The van der Waals surface area contributed by atoms with E-state index in [2.05, 4.69) is 37.7 Å². The number of alkyl halides is 2. The molecule has 0 aliphatic carbocycles. The first kappa shape index (κ1) is 19.4. The van der Waals surface area contributed by atoms with E-state index in [-0.39, 0.29) is 30.4 Å². The SMILES string of the molecule is CCOc1cc(NC(=O)CCn2ncc(I)c2C)ccc1OC(F)F. The van der Waals surface area contributed by atoms with Crippen molar-refractivity contribution in [3.63, 3.8) is 0 Å². The van der Waals surface area contributed by atoms with Gasteiger partial charge in [0.25, 0.3) is 0 Å². The van der Waals surface area contributed by atoms with Gasteiger partial charge < -0.3 is 14.8 Å². The quantitative estimate of drug-likeness (QED) is 0.603. The summed E-state index contributed by atoms with van der Waals surface area (Å²) in [6, 6.07) is 4.29. The molecule has 0 bridgehead atoms. The smallest absolute Gasteiger partial charge is 0.387 e. The molecule has 0 unspecified atom stereocenters. The summed E-state index contributed by atoms with van der Waals surface area (Å²) < 4.78 is 37.3. The minimum atomic E-state index is -2.94. The molecule has 1 aromatic heterocycles. The monoisotopic (exact) mass is 465 g/mol. The maximum atomic E-state index is 12.4. The normalized spacial score (nSPS) is 10.8. The lowest BCUT2D eigenvalue weighted by Gasteiger charge is -2.13. The number of hydrogen-bond acceptors (Lipinski definition) is 4. The maximum Gasteiger partial charge on any atom is 0.387 e. The highest BCUT2D eigenvalue weighted by molar-refractivity contribution is 14.1. The topological polar surface area (TPSA) is 65.4 Å². The fourth-order valence-corrected chi connectivity index (χ4v) is 2.53. The first-order valence-electron chi connectivity index (χ1n) is 7.60. The van der Waals surface area contributed by atoms with E-state index in [0.717, 1.165) is 9.26 Å². The summed E-state index contributed by atoms with van der Waals surface area (Å²) in [5, 5.41) is 6.91. The predicted octanol–water partition coefficient (Wildman–Crippen LogP) is 3.83. The summed E-state index contributed by atoms with van der Waals surface area (Å²) in [5.74, 6) is -0.135. The molecule has 0 saturated carbocycles. The number of rotatable bonds is 8. The molecule has 0 radical (unpaired) electrons. The van der Waals surface area contributed by atoms with Crippen LogP contribution in [0, 0.1) is 10.5 Å². The third kappa shape index (κ3) is 5.55. The molecule has 1 amide bonds. The average molecular weight is 465 g/mol. The Morgan fingerprint density at radius 3 is 2.76 bits per heavy atom. The van der Waals surface area contributed by atoms with E-state index in [1.54, 1.807) is 17.8 Å². The molecule has 9 heteroatoms. The van der Waals surface area contributed by atoms with Crippen LogP contribution in [0.1, 0.15) is 19.0 Å². The first-order chi connectivity index (χ1) is 11.9. The second-order valence-electron chi connectivity index (χ2n) is 5.07. The number of halogens is 3. The molecule has 2 aromatic rings. The van der Waals surface area contributed by atoms with Crippen molar-refractivity contribution >= 4 is 34.2 Å². The van der Waals surface area contributed by atoms with Crippen LogP contribution in [0.3, 0.4) is 0 Å². The summed E-state index contributed by atoms with van der Waals surface area (Å²) in [5.41, 5.74) is 1.45. The number of nitrogens with zero attached hydrogens (tertiary/aromatic N) is 2. The molecule has 2 rings (SSSR count). The van der Waals surface area contributed by atoms with Gasteiger partial charge in [0.1, 0.15) is 0 Å². The van der Waals surface area contributed by atoms with Crippen LogP contribution in [0.15, 0.2) is 24.4 Å². The molecule has 0 spiro atoms. The number of carbonyl (C=O) groups is 1. The van der Waals surface area contributed by atoms with Gasteiger partial charge in [0, 0.05) is 23.9 Å². The van der Waals surface area contributed by atoms with Crippen LogP contribution in [0.25, 0.3) is 0 Å². The zero-order chi connectivity index (χ0) is 18.4. The molecule has 6 nitrogen and oxygen atoms in total. The Morgan fingerprint density at radius 2 is 2.16 bits per heavy atom. The van der Waals surface area contributed by atoms with Crippen LogP contribution in [0.5, 0.6) is 11.5 Å². The summed E-state index contributed by atoms with van der Waals surface area (Å²) in [7, 11) is 0. The first-order valence-corrected chi connectivity index (χ1v) is 8.68. The number of anilines is 1. The lowest BCUT2D eigenvalue weighted by molar-refractivity contribution is -0.116. The highest BCUT2D eigenvalue weighted by atomic mass is 127. The standard InChI is InChI=1S/C16H18F2IN3O3/c1-3-24-14-8-11(4-5-13(14)25-16(17)18)21-15(23)6-7-22-10(2)12(19)9-20-22/h4-5,8-9,16H,3,6-7H2,1-2H3,(H,21,23). The van der Waals surface area contributed by atoms with E-state index < -0.39 is 6.61 Å². The Bertz CT molecular complexity index is 737. The highest BCUT2D eigenvalue weighted by Gasteiger charge is 2.13. The molecule has 0 fully saturated rings. The van der Waals surface area contributed by atoms with Crippen LogP contribution in [-0.2, 0) is 11.3 Å². The molecular weight excluding hydrogens is 447 g/mol. The third-order valence-electron chi connectivity index (χ3n) is 3.34. The van der Waals surface area contributed by atoms with E-state index in [0.29, 0.717) is 12.2 Å². The van der Waals surface area contributed by atoms with Gasteiger partial charge in [0.05, 0.1) is 22.9 Å². The molecular formula is C16H18F2IN3O3. The van der Waals surface area contributed by atoms with Gasteiger partial charge >= 0.3 is 6.61 Å². The zero-order valence-corrected chi connectivity index (χ0v) is 15.9. The largest absolute Gasteiger partial charge is 0.490 e. The number of aromatic nitrogens is 2. The summed E-state index contributed by atoms with van der Waals surface area (Å²) >= 11 is 2.18. The molecule has 0 aliphatic rings. The van der Waals surface area contributed by atoms with Gasteiger partial charge in [-0.3, -0.25) is 9.48 Å². The Hall–Kier alpha value is -1.91. The molecule has 136 valence electrons. The molecule has 0 saturated heterocycles. The van der Waals surface area contributed by atoms with Crippen LogP contribution >= 0.6 is 22.6 Å². The van der Waals surface area contributed by atoms with Crippen molar-refractivity contribution in [3.8, 4) is 11.5 Å². The van der Waals surface area contributed by atoms with Crippen molar-refractivity contribution in [2.24, 2.45) is 0 Å². The van der Waals surface area contributed by atoms with Gasteiger partial charge in [0.2, 0.25) is 5.91 Å². The summed E-state index contributed by atoms with van der Waals surface area (Å²) in [4.78, 5) is 12.1. The van der Waals surface area contributed by atoms with Gasteiger partial charge in [-0.2, -0.15) is 13.9 Å². The fourth-order valence-electron chi connectivity index (χ4n) is 2.13. The third-order valence-corrected chi connectivity index (χ3v) is 4.40. The number of hydrogen-bond donors (Lipinski definition) is 1. The van der Waals surface area contributed by atoms with Crippen molar-refractivity contribution in [1.82, 2.24) is 9.78 Å². The molecule has 1 N–H and O–H groups in total. The number of amides is 1. The van der Waals surface area contributed by atoms with Gasteiger partial charge in [0.15, 0.2) is 11.5 Å². The van der Waals surface area contributed by atoms with Crippen molar-refractivity contribution < 1.29 is 23.0 Å². The van der Waals surface area contributed by atoms with Crippen molar-refractivity contribution in [1.29, 1.82) is 0 Å². The molecule has 25 heavy (non-hydrogen) atoms. The molecule has 1 heterocycles. The Labute approximate surface area is 157 Å². The van der Waals surface area contributed by atoms with Gasteiger partial charge in [-0.1, -0.05) is 0 Å². The number of ether oxygens (including phenoxy) is 2. The van der Waals surface area contributed by atoms with E-state index in [1.165, 1.54) is 18.2 Å². The number of nitrogens with one attached hydrogen (secondary N) is 1. The van der Waals surface area contributed by atoms with Crippen LogP contribution in [0.2, 0.25) is 0 Å². The van der Waals surface area contributed by atoms with Crippen LogP contribution in [0.4, 0.5) is 14.5 Å². The molecule has 0 aliphatic heterocycles. The Balaban J connectivity index is 1.99. The lowest BCUT2D eigenvalue weighted by Crippen LogP contribution is -2.16. The number of aryl methyl sites for hydroxylation is 1. The van der Waals surface area contributed by atoms with Crippen molar-refractivity contribution in [2.75, 3.05) is 11.9 Å². The minimum Gasteiger partial charge on any atom is -0.490 e. The average Bonchev–Trinajstić information content (AvgIpc) is 2.87. The van der Waals surface area contributed by atoms with E-state index in [4.69, 9.17) is 4.74 Å². The van der Waals surface area contributed by atoms with Crippen molar-refractivity contribution in [3.05, 3.63) is 33.7 Å². The van der Waals surface area contributed by atoms with Gasteiger partial charge in [-0.25, -0.2) is 0 Å². The number of carbonyl (C=O) groups excluding carboxylic acids is 1. The van der Waals surface area contributed by atoms with Crippen LogP contribution in [-0.4, -0.2) is 28.9 Å². The second kappa shape index (κ2) is 8.97. The summed E-state index contributed by atoms with van der Waals surface area (Å²) in [6.07, 6.45) is 1.97. The van der Waals surface area contributed by atoms with E-state index in [9.17, 15) is 13.6 Å². The minimum absolute atomic E-state index is 0.0726.